The number of rotatable bonds is 5. The van der Waals surface area contributed by atoms with Crippen molar-refractivity contribution in [3.8, 4) is 5.88 Å². The second-order valence-corrected chi connectivity index (χ2v) is 6.47. The van der Waals surface area contributed by atoms with Crippen LogP contribution in [-0.4, -0.2) is 35.9 Å². The average Bonchev–Trinajstić information content (AvgIpc) is 3.11. The monoisotopic (exact) mass is 450 g/mol. The quantitative estimate of drug-likeness (QED) is 0.482. The molecule has 1 aliphatic heterocycles. The molecule has 3 rings (SSSR count). The van der Waals surface area contributed by atoms with E-state index in [9.17, 15) is 31.5 Å². The lowest BCUT2D eigenvalue weighted by molar-refractivity contribution is -0.276. The minimum atomic E-state index is -4.97. The molecule has 1 aliphatic rings. The number of carbonyl (C=O) groups is 2. The number of nitrogens with zero attached hydrogens (tertiary/aromatic N) is 1. The first kappa shape index (κ1) is 21.6. The van der Waals surface area contributed by atoms with Gasteiger partial charge in [-0.05, 0) is 17.7 Å². The van der Waals surface area contributed by atoms with Crippen LogP contribution in [0.25, 0.3) is 0 Å². The van der Waals surface area contributed by atoms with Gasteiger partial charge in [0.25, 0.3) is 0 Å². The van der Waals surface area contributed by atoms with Gasteiger partial charge in [-0.1, -0.05) is 17.7 Å². The van der Waals surface area contributed by atoms with Gasteiger partial charge in [0.15, 0.2) is 0 Å². The van der Waals surface area contributed by atoms with Crippen LogP contribution in [0, 0.1) is 11.6 Å². The molecule has 1 aromatic carbocycles. The van der Waals surface area contributed by atoms with E-state index in [0.717, 1.165) is 30.5 Å². The van der Waals surface area contributed by atoms with Crippen molar-refractivity contribution in [2.45, 2.75) is 18.4 Å². The number of alkyl halides is 3. The van der Waals surface area contributed by atoms with Gasteiger partial charge in [-0.3, -0.25) is 4.79 Å². The number of hydrogen-bond donors (Lipinski definition) is 3. The first-order chi connectivity index (χ1) is 14.0. The first-order valence-corrected chi connectivity index (χ1v) is 8.63. The number of amides is 3. The lowest BCUT2D eigenvalue weighted by Crippen LogP contribution is -2.44. The van der Waals surface area contributed by atoms with Crippen molar-refractivity contribution >= 4 is 23.5 Å². The number of ether oxygens (including phenoxy) is 1. The molecule has 7 nitrogen and oxygen atoms in total. The molecule has 30 heavy (non-hydrogen) atoms. The highest BCUT2D eigenvalue weighted by Crippen LogP contribution is 2.31. The fourth-order valence-electron chi connectivity index (χ4n) is 2.70. The Hall–Kier alpha value is -3.15. The molecule has 1 saturated heterocycles. The van der Waals surface area contributed by atoms with Crippen LogP contribution in [0.5, 0.6) is 5.88 Å². The standard InChI is InChI=1S/C17H12ClF5N4O3/c18-12-9(19)3-2-8(13(12)20)14(27-15(28)10-6-25-16(29)26-10)7-1-4-11(24-5-7)30-17(21,22)23/h1-5,10,14H,6H2,(H,27,28)(H2,25,26,29)/t10-,14+/m0/s1. The number of nitrogens with one attached hydrogen (secondary N) is 3. The third-order valence-corrected chi connectivity index (χ3v) is 4.41. The average molecular weight is 451 g/mol. The van der Waals surface area contributed by atoms with Gasteiger partial charge in [0.1, 0.15) is 22.7 Å². The predicted octanol–water partition coefficient (Wildman–Crippen LogP) is 2.80. The van der Waals surface area contributed by atoms with E-state index in [0.29, 0.717) is 0 Å². The number of carbonyl (C=O) groups excluding carboxylic acids is 2. The van der Waals surface area contributed by atoms with E-state index in [2.05, 4.69) is 25.7 Å². The summed E-state index contributed by atoms with van der Waals surface area (Å²) in [6.45, 7) is -0.0410. The number of pyridine rings is 1. The largest absolute Gasteiger partial charge is 0.574 e. The van der Waals surface area contributed by atoms with E-state index in [4.69, 9.17) is 11.6 Å². The van der Waals surface area contributed by atoms with E-state index in [-0.39, 0.29) is 17.7 Å². The minimum absolute atomic E-state index is 0.0410. The third kappa shape index (κ3) is 4.87. The van der Waals surface area contributed by atoms with Crippen molar-refractivity contribution in [2.24, 2.45) is 0 Å². The maximum Gasteiger partial charge on any atom is 0.574 e. The van der Waals surface area contributed by atoms with Crippen LogP contribution in [0.15, 0.2) is 30.5 Å². The minimum Gasteiger partial charge on any atom is -0.388 e. The summed E-state index contributed by atoms with van der Waals surface area (Å²) >= 11 is 5.60. The Morgan fingerprint density at radius 1 is 1.27 bits per heavy atom. The molecule has 0 radical (unpaired) electrons. The number of hydrogen-bond acceptors (Lipinski definition) is 4. The Morgan fingerprint density at radius 3 is 2.57 bits per heavy atom. The second kappa shape index (κ2) is 8.30. The molecule has 0 unspecified atom stereocenters. The topological polar surface area (TPSA) is 92.4 Å². The number of benzene rings is 1. The molecule has 0 saturated carbocycles. The Morgan fingerprint density at radius 2 is 2.00 bits per heavy atom. The van der Waals surface area contributed by atoms with E-state index in [1.165, 1.54) is 0 Å². The van der Waals surface area contributed by atoms with Crippen LogP contribution in [0.2, 0.25) is 5.02 Å². The number of aromatic nitrogens is 1. The molecule has 0 bridgehead atoms. The number of urea groups is 1. The Labute approximate surface area is 170 Å². The fraction of sp³-hybridized carbons (Fsp3) is 0.235. The van der Waals surface area contributed by atoms with Gasteiger partial charge in [-0.15, -0.1) is 13.2 Å². The molecule has 1 fully saturated rings. The van der Waals surface area contributed by atoms with Crippen LogP contribution >= 0.6 is 11.6 Å². The molecule has 0 aliphatic carbocycles. The molecule has 2 atom stereocenters. The summed E-state index contributed by atoms with van der Waals surface area (Å²) < 4.78 is 68.8. The second-order valence-electron chi connectivity index (χ2n) is 6.09. The zero-order chi connectivity index (χ0) is 22.1. The van der Waals surface area contributed by atoms with E-state index in [1.54, 1.807) is 0 Å². The van der Waals surface area contributed by atoms with E-state index in [1.807, 2.05) is 0 Å². The normalized spacial score (nSPS) is 17.1. The Bertz CT molecular complexity index is 971. The molecule has 3 amide bonds. The zero-order valence-electron chi connectivity index (χ0n) is 14.7. The van der Waals surface area contributed by atoms with Gasteiger partial charge in [-0.25, -0.2) is 18.6 Å². The molecular weight excluding hydrogens is 439 g/mol. The summed E-state index contributed by atoms with van der Waals surface area (Å²) in [6, 6.07) is 0.990. The predicted molar refractivity (Wildman–Crippen MR) is 92.6 cm³/mol. The smallest absolute Gasteiger partial charge is 0.388 e. The highest BCUT2D eigenvalue weighted by molar-refractivity contribution is 6.31. The van der Waals surface area contributed by atoms with Crippen LogP contribution in [0.1, 0.15) is 17.2 Å². The maximum absolute atomic E-state index is 14.6. The van der Waals surface area contributed by atoms with Crippen LogP contribution in [0.4, 0.5) is 26.7 Å². The van der Waals surface area contributed by atoms with Gasteiger partial charge in [-0.2, -0.15) is 0 Å². The summed E-state index contributed by atoms with van der Waals surface area (Å²) in [7, 11) is 0. The van der Waals surface area contributed by atoms with Crippen molar-refractivity contribution in [1.82, 2.24) is 20.9 Å². The van der Waals surface area contributed by atoms with Crippen LogP contribution in [-0.2, 0) is 4.79 Å². The first-order valence-electron chi connectivity index (χ1n) is 8.25. The maximum atomic E-state index is 14.6. The van der Waals surface area contributed by atoms with Gasteiger partial charge in [0.05, 0.1) is 6.04 Å². The van der Waals surface area contributed by atoms with Crippen molar-refractivity contribution in [3.63, 3.8) is 0 Å². The molecule has 2 aromatic rings. The summed E-state index contributed by atoms with van der Waals surface area (Å²) in [5, 5.41) is 6.32. The molecule has 160 valence electrons. The summed E-state index contributed by atoms with van der Waals surface area (Å²) in [5.41, 5.74) is -0.213. The van der Waals surface area contributed by atoms with Crippen molar-refractivity contribution in [2.75, 3.05) is 6.54 Å². The van der Waals surface area contributed by atoms with Crippen molar-refractivity contribution in [1.29, 1.82) is 0 Å². The summed E-state index contributed by atoms with van der Waals surface area (Å²) in [6.07, 6.45) is -4.04. The SMILES string of the molecule is O=C1NC[C@@H](C(=O)N[C@H](c2ccc(OC(F)(F)F)nc2)c2ccc(F)c(Cl)c2F)N1. The Kier molecular flexibility index (Phi) is 5.97. The molecule has 13 heteroatoms. The Balaban J connectivity index is 1.94. The summed E-state index contributed by atoms with van der Waals surface area (Å²) in [5.74, 6) is -3.72. The van der Waals surface area contributed by atoms with Gasteiger partial charge in [0.2, 0.25) is 11.8 Å². The lowest BCUT2D eigenvalue weighted by Gasteiger charge is -2.22. The lowest BCUT2D eigenvalue weighted by atomic mass is 9.99. The van der Waals surface area contributed by atoms with Gasteiger partial charge >= 0.3 is 12.4 Å². The number of halogens is 6. The zero-order valence-corrected chi connectivity index (χ0v) is 15.4. The van der Waals surface area contributed by atoms with E-state index >= 15 is 0 Å². The molecule has 0 spiro atoms. The molecular formula is C17H12ClF5N4O3. The van der Waals surface area contributed by atoms with E-state index < -0.39 is 52.9 Å². The molecule has 1 aromatic heterocycles. The van der Waals surface area contributed by atoms with Crippen molar-refractivity contribution < 1.29 is 36.3 Å². The van der Waals surface area contributed by atoms with Crippen molar-refractivity contribution in [3.05, 3.63) is 58.2 Å². The summed E-state index contributed by atoms with van der Waals surface area (Å²) in [4.78, 5) is 27.2. The highest BCUT2D eigenvalue weighted by Gasteiger charge is 2.33. The van der Waals surface area contributed by atoms with Gasteiger partial charge < -0.3 is 20.7 Å². The molecule has 2 heterocycles. The van der Waals surface area contributed by atoms with Gasteiger partial charge in [0, 0.05) is 24.4 Å². The molecule has 3 N–H and O–H groups in total. The fourth-order valence-corrected chi connectivity index (χ4v) is 2.87. The van der Waals surface area contributed by atoms with Crippen LogP contribution in [0.3, 0.4) is 0 Å². The third-order valence-electron chi connectivity index (χ3n) is 4.06. The highest BCUT2D eigenvalue weighted by atomic mass is 35.5. The van der Waals surface area contributed by atoms with Crippen LogP contribution < -0.4 is 20.7 Å².